The van der Waals surface area contributed by atoms with E-state index in [4.69, 9.17) is 10.5 Å². The topological polar surface area (TPSA) is 35.2 Å². The third-order valence-electron chi connectivity index (χ3n) is 5.63. The van der Waals surface area contributed by atoms with E-state index in [1.807, 2.05) is 0 Å². The van der Waals surface area contributed by atoms with Gasteiger partial charge < -0.3 is 10.5 Å². The molecule has 0 aromatic carbocycles. The van der Waals surface area contributed by atoms with E-state index in [0.29, 0.717) is 12.0 Å². The lowest BCUT2D eigenvalue weighted by Gasteiger charge is -2.42. The van der Waals surface area contributed by atoms with E-state index in [0.717, 1.165) is 31.0 Å². The number of ether oxygens (including phenoxy) is 1. The SMILES string of the molecule is NC(C1CCOC1)C1CCC2CCCCC2C1. The van der Waals surface area contributed by atoms with Gasteiger partial charge in [-0.15, -0.1) is 0 Å². The van der Waals surface area contributed by atoms with Crippen LogP contribution >= 0.6 is 0 Å². The molecule has 0 aromatic heterocycles. The molecule has 5 atom stereocenters. The Morgan fingerprint density at radius 2 is 1.71 bits per heavy atom. The van der Waals surface area contributed by atoms with Gasteiger partial charge in [0, 0.05) is 12.6 Å². The lowest BCUT2D eigenvalue weighted by Crippen LogP contribution is -2.42. The molecular formula is C15H27NO. The van der Waals surface area contributed by atoms with Crippen molar-refractivity contribution in [3.63, 3.8) is 0 Å². The first-order valence-electron chi connectivity index (χ1n) is 7.68. The Kier molecular flexibility index (Phi) is 3.72. The average Bonchev–Trinajstić information content (AvgIpc) is 2.91. The highest BCUT2D eigenvalue weighted by atomic mass is 16.5. The Labute approximate surface area is 105 Å². The van der Waals surface area contributed by atoms with E-state index in [2.05, 4.69) is 0 Å². The van der Waals surface area contributed by atoms with Crippen molar-refractivity contribution in [2.24, 2.45) is 29.4 Å². The lowest BCUT2D eigenvalue weighted by atomic mass is 9.65. The van der Waals surface area contributed by atoms with Crippen LogP contribution in [0.2, 0.25) is 0 Å². The molecule has 2 N–H and O–H groups in total. The zero-order valence-electron chi connectivity index (χ0n) is 10.9. The zero-order chi connectivity index (χ0) is 11.7. The normalized spacial score (nSPS) is 44.3. The van der Waals surface area contributed by atoms with Crippen LogP contribution in [0.3, 0.4) is 0 Å². The summed E-state index contributed by atoms with van der Waals surface area (Å²) in [5, 5.41) is 0. The van der Waals surface area contributed by atoms with E-state index in [1.54, 1.807) is 0 Å². The van der Waals surface area contributed by atoms with Crippen LogP contribution in [0.25, 0.3) is 0 Å². The summed E-state index contributed by atoms with van der Waals surface area (Å²) < 4.78 is 5.50. The summed E-state index contributed by atoms with van der Waals surface area (Å²) in [7, 11) is 0. The maximum absolute atomic E-state index is 6.50. The van der Waals surface area contributed by atoms with Gasteiger partial charge in [-0.25, -0.2) is 0 Å². The van der Waals surface area contributed by atoms with Crippen molar-refractivity contribution >= 4 is 0 Å². The van der Waals surface area contributed by atoms with Crippen LogP contribution in [0.1, 0.15) is 51.4 Å². The molecule has 1 aliphatic heterocycles. The fourth-order valence-corrected chi connectivity index (χ4v) is 4.50. The summed E-state index contributed by atoms with van der Waals surface area (Å²) in [4.78, 5) is 0. The number of rotatable bonds is 2. The molecule has 2 saturated carbocycles. The van der Waals surface area contributed by atoms with Crippen molar-refractivity contribution < 1.29 is 4.74 Å². The van der Waals surface area contributed by atoms with Gasteiger partial charge in [0.25, 0.3) is 0 Å². The van der Waals surface area contributed by atoms with E-state index < -0.39 is 0 Å². The highest BCUT2D eigenvalue weighted by Gasteiger charge is 2.37. The van der Waals surface area contributed by atoms with Crippen LogP contribution < -0.4 is 5.73 Å². The van der Waals surface area contributed by atoms with Crippen LogP contribution in [0, 0.1) is 23.7 Å². The van der Waals surface area contributed by atoms with Crippen LogP contribution in [0.4, 0.5) is 0 Å². The quantitative estimate of drug-likeness (QED) is 0.801. The molecule has 1 saturated heterocycles. The van der Waals surface area contributed by atoms with Gasteiger partial charge in [0.1, 0.15) is 0 Å². The van der Waals surface area contributed by atoms with Gasteiger partial charge in [0.15, 0.2) is 0 Å². The van der Waals surface area contributed by atoms with E-state index in [9.17, 15) is 0 Å². The lowest BCUT2D eigenvalue weighted by molar-refractivity contribution is 0.0990. The molecule has 0 aromatic rings. The van der Waals surface area contributed by atoms with Gasteiger partial charge in [0.05, 0.1) is 6.61 Å². The summed E-state index contributed by atoms with van der Waals surface area (Å²) in [6.07, 6.45) is 11.4. The van der Waals surface area contributed by atoms with Crippen LogP contribution in [-0.2, 0) is 4.74 Å². The first kappa shape index (κ1) is 12.0. The fraction of sp³-hybridized carbons (Fsp3) is 1.00. The van der Waals surface area contributed by atoms with E-state index in [-0.39, 0.29) is 0 Å². The Hall–Kier alpha value is -0.0800. The predicted octanol–water partition coefficient (Wildman–Crippen LogP) is 2.96. The molecule has 2 nitrogen and oxygen atoms in total. The van der Waals surface area contributed by atoms with Gasteiger partial charge in [0.2, 0.25) is 0 Å². The number of hydrogen-bond acceptors (Lipinski definition) is 2. The third-order valence-corrected chi connectivity index (χ3v) is 5.63. The van der Waals surface area contributed by atoms with Gasteiger partial charge in [-0.2, -0.15) is 0 Å². The van der Waals surface area contributed by atoms with Crippen molar-refractivity contribution in [2.45, 2.75) is 57.4 Å². The molecule has 0 bridgehead atoms. The molecule has 2 aliphatic carbocycles. The molecular weight excluding hydrogens is 210 g/mol. The largest absolute Gasteiger partial charge is 0.381 e. The third kappa shape index (κ3) is 2.53. The minimum absolute atomic E-state index is 0.417. The molecule has 0 spiro atoms. The predicted molar refractivity (Wildman–Crippen MR) is 69.7 cm³/mol. The summed E-state index contributed by atoms with van der Waals surface area (Å²) >= 11 is 0. The standard InChI is InChI=1S/C15H27NO/c16-15(14-7-8-17-10-14)13-6-5-11-3-1-2-4-12(11)9-13/h11-15H,1-10,16H2. The van der Waals surface area contributed by atoms with Gasteiger partial charge in [-0.05, 0) is 49.4 Å². The molecule has 2 heteroatoms. The second-order valence-corrected chi connectivity index (χ2v) is 6.58. The Balaban J connectivity index is 1.57. The number of fused-ring (bicyclic) bond motifs is 1. The van der Waals surface area contributed by atoms with Crippen LogP contribution in [-0.4, -0.2) is 19.3 Å². The average molecular weight is 237 g/mol. The fourth-order valence-electron chi connectivity index (χ4n) is 4.50. The number of nitrogens with two attached hydrogens (primary N) is 1. The summed E-state index contributed by atoms with van der Waals surface area (Å²) in [6.45, 7) is 1.86. The summed E-state index contributed by atoms with van der Waals surface area (Å²) in [5.74, 6) is 3.50. The molecule has 5 unspecified atom stereocenters. The molecule has 3 aliphatic rings. The van der Waals surface area contributed by atoms with Crippen molar-refractivity contribution in [1.29, 1.82) is 0 Å². The maximum atomic E-state index is 6.50. The molecule has 98 valence electrons. The van der Waals surface area contributed by atoms with E-state index in [1.165, 1.54) is 51.4 Å². The monoisotopic (exact) mass is 237 g/mol. The minimum atomic E-state index is 0.417. The highest BCUT2D eigenvalue weighted by Crippen LogP contribution is 2.44. The second-order valence-electron chi connectivity index (χ2n) is 6.58. The summed E-state index contributed by atoms with van der Waals surface area (Å²) in [5.41, 5.74) is 6.50. The minimum Gasteiger partial charge on any atom is -0.381 e. The molecule has 17 heavy (non-hydrogen) atoms. The highest BCUT2D eigenvalue weighted by molar-refractivity contribution is 4.90. The zero-order valence-corrected chi connectivity index (χ0v) is 10.9. The first-order chi connectivity index (χ1) is 8.34. The van der Waals surface area contributed by atoms with Gasteiger partial charge in [-0.3, -0.25) is 0 Å². The Morgan fingerprint density at radius 1 is 0.882 bits per heavy atom. The molecule has 0 radical (unpaired) electrons. The van der Waals surface area contributed by atoms with Crippen molar-refractivity contribution in [2.75, 3.05) is 13.2 Å². The smallest absolute Gasteiger partial charge is 0.0510 e. The first-order valence-corrected chi connectivity index (χ1v) is 7.68. The number of hydrogen-bond donors (Lipinski definition) is 1. The van der Waals surface area contributed by atoms with Crippen LogP contribution in [0.15, 0.2) is 0 Å². The van der Waals surface area contributed by atoms with E-state index >= 15 is 0 Å². The van der Waals surface area contributed by atoms with Crippen LogP contribution in [0.5, 0.6) is 0 Å². The molecule has 3 fully saturated rings. The van der Waals surface area contributed by atoms with Gasteiger partial charge >= 0.3 is 0 Å². The maximum Gasteiger partial charge on any atom is 0.0510 e. The Bertz CT molecular complexity index is 249. The van der Waals surface area contributed by atoms with Crippen molar-refractivity contribution in [3.05, 3.63) is 0 Å². The van der Waals surface area contributed by atoms with Crippen molar-refractivity contribution in [1.82, 2.24) is 0 Å². The summed E-state index contributed by atoms with van der Waals surface area (Å²) in [6, 6.07) is 0.417. The second kappa shape index (κ2) is 5.27. The molecule has 3 rings (SSSR count). The van der Waals surface area contributed by atoms with Crippen molar-refractivity contribution in [3.8, 4) is 0 Å². The van der Waals surface area contributed by atoms with Gasteiger partial charge in [-0.1, -0.05) is 25.7 Å². The molecule has 1 heterocycles. The Morgan fingerprint density at radius 3 is 2.47 bits per heavy atom. The molecule has 0 amide bonds.